The van der Waals surface area contributed by atoms with Crippen LogP contribution in [0.4, 0.5) is 0 Å². The number of fused-ring (bicyclic) bond motifs is 1. The van der Waals surface area contributed by atoms with Gasteiger partial charge < -0.3 is 14.7 Å². The van der Waals surface area contributed by atoms with E-state index in [-0.39, 0.29) is 5.91 Å². The Morgan fingerprint density at radius 3 is 3.05 bits per heavy atom. The number of carbonyl (C=O) groups is 1. The molecule has 0 aliphatic rings. The van der Waals surface area contributed by atoms with E-state index in [2.05, 4.69) is 15.3 Å². The predicted molar refractivity (Wildman–Crippen MR) is 75.1 cm³/mol. The van der Waals surface area contributed by atoms with Gasteiger partial charge in [0.1, 0.15) is 5.76 Å². The summed E-state index contributed by atoms with van der Waals surface area (Å²) in [6.07, 6.45) is 3.85. The molecule has 0 unspecified atom stereocenters. The molecule has 0 saturated heterocycles. The summed E-state index contributed by atoms with van der Waals surface area (Å²) in [6.45, 7) is 2.14. The van der Waals surface area contributed by atoms with Gasteiger partial charge in [0.2, 0.25) is 11.8 Å². The van der Waals surface area contributed by atoms with E-state index in [0.717, 1.165) is 22.2 Å². The highest BCUT2D eigenvalue weighted by Crippen LogP contribution is 2.17. The van der Waals surface area contributed by atoms with E-state index in [0.29, 0.717) is 18.9 Å². The van der Waals surface area contributed by atoms with E-state index in [9.17, 15) is 4.79 Å². The largest absolute Gasteiger partial charge is 0.444 e. The molecule has 0 aliphatic heterocycles. The summed E-state index contributed by atoms with van der Waals surface area (Å²) in [5.74, 6) is 1.21. The molecular weight excluding hydrogens is 254 g/mol. The Balaban J connectivity index is 1.64. The molecule has 2 heterocycles. The van der Waals surface area contributed by atoms with Crippen LogP contribution >= 0.6 is 0 Å². The maximum absolute atomic E-state index is 11.9. The van der Waals surface area contributed by atoms with Crippen LogP contribution in [0.1, 0.15) is 17.2 Å². The molecule has 5 nitrogen and oxygen atoms in total. The fourth-order valence-electron chi connectivity index (χ4n) is 2.17. The average Bonchev–Trinajstić information content (AvgIpc) is 3.04. The van der Waals surface area contributed by atoms with Crippen LogP contribution in [0.25, 0.3) is 10.9 Å². The van der Waals surface area contributed by atoms with Gasteiger partial charge in [-0.25, -0.2) is 4.98 Å². The molecule has 3 aromatic rings. The highest BCUT2D eigenvalue weighted by Gasteiger charge is 2.09. The molecule has 0 fully saturated rings. The minimum Gasteiger partial charge on any atom is -0.444 e. The second kappa shape index (κ2) is 5.21. The van der Waals surface area contributed by atoms with E-state index in [1.54, 1.807) is 6.20 Å². The number of benzene rings is 1. The molecule has 102 valence electrons. The maximum atomic E-state index is 11.9. The molecule has 0 spiro atoms. The summed E-state index contributed by atoms with van der Waals surface area (Å²) in [5.41, 5.74) is 2.03. The number of aryl methyl sites for hydroxylation is 1. The van der Waals surface area contributed by atoms with Gasteiger partial charge in [-0.3, -0.25) is 4.79 Å². The number of carbonyl (C=O) groups excluding carboxylic acids is 1. The summed E-state index contributed by atoms with van der Waals surface area (Å²) in [5, 5.41) is 3.88. The van der Waals surface area contributed by atoms with Gasteiger partial charge in [-0.05, 0) is 18.6 Å². The lowest BCUT2D eigenvalue weighted by Crippen LogP contribution is -2.24. The van der Waals surface area contributed by atoms with Crippen molar-refractivity contribution < 1.29 is 9.21 Å². The number of amides is 1. The number of para-hydroxylation sites is 1. The highest BCUT2D eigenvalue weighted by molar-refractivity contribution is 5.88. The average molecular weight is 269 g/mol. The minimum atomic E-state index is -0.0504. The van der Waals surface area contributed by atoms with Gasteiger partial charge in [0.05, 0.1) is 19.2 Å². The number of nitrogens with zero attached hydrogens (tertiary/aromatic N) is 1. The Labute approximate surface area is 116 Å². The van der Waals surface area contributed by atoms with E-state index < -0.39 is 0 Å². The van der Waals surface area contributed by atoms with E-state index in [1.165, 1.54) is 0 Å². The summed E-state index contributed by atoms with van der Waals surface area (Å²) < 4.78 is 5.31. The van der Waals surface area contributed by atoms with E-state index in [1.807, 2.05) is 37.4 Å². The van der Waals surface area contributed by atoms with Gasteiger partial charge in [-0.2, -0.15) is 0 Å². The lowest BCUT2D eigenvalue weighted by molar-refractivity contribution is -0.120. The highest BCUT2D eigenvalue weighted by atomic mass is 16.4. The van der Waals surface area contributed by atoms with Gasteiger partial charge in [0, 0.05) is 17.1 Å². The quantitative estimate of drug-likeness (QED) is 0.763. The first-order chi connectivity index (χ1) is 9.72. The predicted octanol–water partition coefficient (Wildman–Crippen LogP) is 2.32. The Morgan fingerprint density at radius 1 is 1.40 bits per heavy atom. The molecule has 20 heavy (non-hydrogen) atoms. The number of hydrogen-bond donors (Lipinski definition) is 2. The third kappa shape index (κ3) is 2.56. The molecule has 0 atom stereocenters. The van der Waals surface area contributed by atoms with Crippen LogP contribution < -0.4 is 5.32 Å². The maximum Gasteiger partial charge on any atom is 0.224 e. The molecule has 1 amide bonds. The molecule has 3 rings (SSSR count). The van der Waals surface area contributed by atoms with Gasteiger partial charge >= 0.3 is 0 Å². The van der Waals surface area contributed by atoms with Crippen LogP contribution in [0, 0.1) is 6.92 Å². The second-order valence-corrected chi connectivity index (χ2v) is 4.68. The van der Waals surface area contributed by atoms with Crippen LogP contribution in [0.2, 0.25) is 0 Å². The van der Waals surface area contributed by atoms with Crippen molar-refractivity contribution in [3.63, 3.8) is 0 Å². The van der Waals surface area contributed by atoms with Gasteiger partial charge in [-0.15, -0.1) is 0 Å². The zero-order valence-corrected chi connectivity index (χ0v) is 11.1. The van der Waals surface area contributed by atoms with Crippen molar-refractivity contribution in [2.45, 2.75) is 19.9 Å². The van der Waals surface area contributed by atoms with E-state index >= 15 is 0 Å². The number of hydrogen-bond acceptors (Lipinski definition) is 3. The summed E-state index contributed by atoms with van der Waals surface area (Å²) in [4.78, 5) is 19.1. The van der Waals surface area contributed by atoms with Crippen LogP contribution in [0.15, 0.2) is 41.1 Å². The fraction of sp³-hybridized carbons (Fsp3) is 0.200. The first-order valence-corrected chi connectivity index (χ1v) is 6.45. The molecular formula is C15H15N3O2. The third-order valence-electron chi connectivity index (χ3n) is 3.13. The second-order valence-electron chi connectivity index (χ2n) is 4.68. The van der Waals surface area contributed by atoms with Crippen LogP contribution in [0.5, 0.6) is 0 Å². The zero-order valence-electron chi connectivity index (χ0n) is 11.1. The van der Waals surface area contributed by atoms with Crippen molar-refractivity contribution in [1.82, 2.24) is 15.3 Å². The number of rotatable bonds is 4. The van der Waals surface area contributed by atoms with Gasteiger partial charge in [-0.1, -0.05) is 18.2 Å². The van der Waals surface area contributed by atoms with E-state index in [4.69, 9.17) is 4.42 Å². The molecule has 5 heteroatoms. The van der Waals surface area contributed by atoms with Crippen molar-refractivity contribution >= 4 is 16.8 Å². The van der Waals surface area contributed by atoms with Crippen LogP contribution in [-0.4, -0.2) is 15.9 Å². The molecule has 2 aromatic heterocycles. The topological polar surface area (TPSA) is 70.9 Å². The molecule has 1 aromatic carbocycles. The van der Waals surface area contributed by atoms with Crippen molar-refractivity contribution in [3.8, 4) is 0 Å². The lowest BCUT2D eigenvalue weighted by Gasteiger charge is -2.02. The Kier molecular flexibility index (Phi) is 3.25. The molecule has 2 N–H and O–H groups in total. The summed E-state index contributed by atoms with van der Waals surface area (Å²) in [6, 6.07) is 7.93. The number of aromatic amines is 1. The van der Waals surface area contributed by atoms with Crippen molar-refractivity contribution in [3.05, 3.63) is 53.9 Å². The Bertz CT molecular complexity index is 742. The standard InChI is InChI=1S/C15H15N3O2/c1-10-7-18-15(20-10)9-17-14(19)6-11-8-16-13-5-3-2-4-12(11)13/h2-5,7-8,16H,6,9H2,1H3,(H,17,19). The Hall–Kier alpha value is -2.56. The minimum absolute atomic E-state index is 0.0504. The molecule has 0 aliphatic carbocycles. The molecule has 0 bridgehead atoms. The number of oxazole rings is 1. The van der Waals surface area contributed by atoms with Crippen molar-refractivity contribution in [2.75, 3.05) is 0 Å². The first kappa shape index (κ1) is 12.5. The smallest absolute Gasteiger partial charge is 0.224 e. The number of H-pyrrole nitrogens is 1. The third-order valence-corrected chi connectivity index (χ3v) is 3.13. The van der Waals surface area contributed by atoms with Crippen LogP contribution in [0.3, 0.4) is 0 Å². The SMILES string of the molecule is Cc1cnc(CNC(=O)Cc2c[nH]c3ccccc23)o1. The lowest BCUT2D eigenvalue weighted by atomic mass is 10.1. The zero-order chi connectivity index (χ0) is 13.9. The summed E-state index contributed by atoms with van der Waals surface area (Å²) in [7, 11) is 0. The fourth-order valence-corrected chi connectivity index (χ4v) is 2.17. The Morgan fingerprint density at radius 2 is 2.25 bits per heavy atom. The molecule has 0 radical (unpaired) electrons. The number of nitrogens with one attached hydrogen (secondary N) is 2. The van der Waals surface area contributed by atoms with Crippen molar-refractivity contribution in [1.29, 1.82) is 0 Å². The molecule has 0 saturated carbocycles. The normalized spacial score (nSPS) is 10.8. The summed E-state index contributed by atoms with van der Waals surface area (Å²) >= 11 is 0. The number of aromatic nitrogens is 2. The van der Waals surface area contributed by atoms with Gasteiger partial charge in [0.25, 0.3) is 0 Å². The van der Waals surface area contributed by atoms with Crippen LogP contribution in [-0.2, 0) is 17.8 Å². The monoisotopic (exact) mass is 269 g/mol. The van der Waals surface area contributed by atoms with Gasteiger partial charge in [0.15, 0.2) is 0 Å². The van der Waals surface area contributed by atoms with Crippen molar-refractivity contribution in [2.24, 2.45) is 0 Å². The first-order valence-electron chi connectivity index (χ1n) is 6.45.